The molecule has 0 unspecified atom stereocenters. The lowest BCUT2D eigenvalue weighted by Gasteiger charge is -2.11. The molecule has 0 spiro atoms. The minimum absolute atomic E-state index is 0.0328. The highest BCUT2D eigenvalue weighted by molar-refractivity contribution is 6.05. The predicted molar refractivity (Wildman–Crippen MR) is 96.2 cm³/mol. The van der Waals surface area contributed by atoms with Crippen LogP contribution in [0.5, 0.6) is 23.0 Å². The van der Waals surface area contributed by atoms with Gasteiger partial charge in [-0.1, -0.05) is 0 Å². The molecule has 1 amide bonds. The van der Waals surface area contributed by atoms with Gasteiger partial charge in [-0.3, -0.25) is 9.78 Å². The number of hydrogen-bond acceptors (Lipinski definition) is 6. The third-order valence-electron chi connectivity index (χ3n) is 3.69. The first-order valence-corrected chi connectivity index (χ1v) is 8.12. The highest BCUT2D eigenvalue weighted by atomic mass is 19.4. The number of nitrogens with one attached hydrogen (secondary N) is 1. The van der Waals surface area contributed by atoms with Gasteiger partial charge in [0.05, 0.1) is 7.11 Å². The molecule has 0 aliphatic rings. The van der Waals surface area contributed by atoms with Gasteiger partial charge in [-0.15, -0.1) is 0 Å². The van der Waals surface area contributed by atoms with Crippen molar-refractivity contribution in [3.8, 4) is 23.0 Å². The molecule has 1 aromatic carbocycles. The van der Waals surface area contributed by atoms with Gasteiger partial charge in [0.2, 0.25) is 0 Å². The molecule has 3 rings (SSSR count). The number of methoxy groups -OCH3 is 1. The van der Waals surface area contributed by atoms with E-state index in [0.717, 1.165) is 12.3 Å². The first-order valence-electron chi connectivity index (χ1n) is 8.12. The molecule has 2 heterocycles. The van der Waals surface area contributed by atoms with Crippen LogP contribution in [0.3, 0.4) is 0 Å². The summed E-state index contributed by atoms with van der Waals surface area (Å²) in [5, 5.41) is 12.5. The number of carbonyl (C=O) groups is 1. The lowest BCUT2D eigenvalue weighted by molar-refractivity contribution is -0.141. The summed E-state index contributed by atoms with van der Waals surface area (Å²) >= 11 is 0. The fourth-order valence-electron chi connectivity index (χ4n) is 2.33. The van der Waals surface area contributed by atoms with E-state index in [0.29, 0.717) is 5.69 Å². The van der Waals surface area contributed by atoms with E-state index >= 15 is 0 Å². The number of carbonyl (C=O) groups excluding carboxylic acids is 1. The zero-order valence-electron chi connectivity index (χ0n) is 14.9. The van der Waals surface area contributed by atoms with Crippen molar-refractivity contribution < 1.29 is 32.5 Å². The Bertz CT molecular complexity index is 1020. The average Bonchev–Trinajstić information content (AvgIpc) is 2.69. The number of anilines is 1. The van der Waals surface area contributed by atoms with Gasteiger partial charge < -0.3 is 19.9 Å². The number of aromatic nitrogens is 2. The van der Waals surface area contributed by atoms with Crippen LogP contribution in [0.2, 0.25) is 0 Å². The van der Waals surface area contributed by atoms with Crippen LogP contribution in [0.1, 0.15) is 16.2 Å². The second-order valence-corrected chi connectivity index (χ2v) is 5.67. The van der Waals surface area contributed by atoms with E-state index in [-0.39, 0.29) is 22.9 Å². The van der Waals surface area contributed by atoms with Gasteiger partial charge in [0.25, 0.3) is 5.91 Å². The molecule has 0 aliphatic carbocycles. The molecule has 0 saturated heterocycles. The number of rotatable bonds is 5. The molecule has 0 radical (unpaired) electrons. The SMILES string of the molecule is COc1ccnc(C(=O)Nc2ccc(Oc3ccnc(C(F)(F)F)c3)cc2)c1O. The largest absolute Gasteiger partial charge is 0.503 e. The fourth-order valence-corrected chi connectivity index (χ4v) is 2.33. The minimum atomic E-state index is -4.58. The second-order valence-electron chi connectivity index (χ2n) is 5.67. The normalized spacial score (nSPS) is 11.0. The number of halogens is 3. The number of nitrogens with zero attached hydrogens (tertiary/aromatic N) is 2. The quantitative estimate of drug-likeness (QED) is 0.659. The van der Waals surface area contributed by atoms with Crippen molar-refractivity contribution in [2.45, 2.75) is 6.18 Å². The van der Waals surface area contributed by atoms with Crippen molar-refractivity contribution >= 4 is 11.6 Å². The molecular weight excluding hydrogens is 391 g/mol. The Morgan fingerprint density at radius 1 is 1.03 bits per heavy atom. The standard InChI is InChI=1S/C19H14F3N3O4/c1-28-14-7-9-24-16(17(14)26)18(27)25-11-2-4-12(5-3-11)29-13-6-8-23-15(10-13)19(20,21)22/h2-10,26H,1H3,(H,25,27). The van der Waals surface area contributed by atoms with Crippen LogP contribution in [0.4, 0.5) is 18.9 Å². The van der Waals surface area contributed by atoms with E-state index in [9.17, 15) is 23.1 Å². The van der Waals surface area contributed by atoms with Gasteiger partial charge >= 0.3 is 6.18 Å². The Labute approximate surface area is 162 Å². The maximum absolute atomic E-state index is 12.7. The van der Waals surface area contributed by atoms with Gasteiger partial charge in [-0.2, -0.15) is 13.2 Å². The molecule has 0 fully saturated rings. The Hall–Kier alpha value is -3.82. The molecule has 2 aromatic heterocycles. The Morgan fingerprint density at radius 2 is 1.72 bits per heavy atom. The van der Waals surface area contributed by atoms with E-state index in [2.05, 4.69) is 15.3 Å². The Kier molecular flexibility index (Phi) is 5.53. The van der Waals surface area contributed by atoms with E-state index in [4.69, 9.17) is 9.47 Å². The second kappa shape index (κ2) is 8.05. The van der Waals surface area contributed by atoms with Crippen LogP contribution in [0, 0.1) is 0 Å². The lowest BCUT2D eigenvalue weighted by atomic mass is 10.2. The number of aromatic hydroxyl groups is 1. The van der Waals surface area contributed by atoms with Crippen molar-refractivity contribution in [2.75, 3.05) is 12.4 Å². The first kappa shape index (κ1) is 19.9. The van der Waals surface area contributed by atoms with Crippen molar-refractivity contribution in [3.05, 3.63) is 66.2 Å². The van der Waals surface area contributed by atoms with Gasteiger partial charge in [0.1, 0.15) is 17.2 Å². The molecule has 0 bridgehead atoms. The highest BCUT2D eigenvalue weighted by Gasteiger charge is 2.32. The van der Waals surface area contributed by atoms with Crippen molar-refractivity contribution in [1.82, 2.24) is 9.97 Å². The van der Waals surface area contributed by atoms with Crippen LogP contribution in [0.25, 0.3) is 0 Å². The molecule has 0 aliphatic heterocycles. The number of alkyl halides is 3. The number of benzene rings is 1. The molecule has 0 saturated carbocycles. The first-order chi connectivity index (χ1) is 13.8. The molecule has 10 heteroatoms. The van der Waals surface area contributed by atoms with Crippen molar-refractivity contribution in [2.24, 2.45) is 0 Å². The number of ether oxygens (including phenoxy) is 2. The topological polar surface area (TPSA) is 93.6 Å². The summed E-state index contributed by atoms with van der Waals surface area (Å²) in [6, 6.07) is 9.37. The van der Waals surface area contributed by atoms with Crippen LogP contribution in [-0.4, -0.2) is 28.1 Å². The summed E-state index contributed by atoms with van der Waals surface area (Å²) < 4.78 is 48.4. The van der Waals surface area contributed by atoms with Gasteiger partial charge in [0, 0.05) is 30.2 Å². The molecule has 150 valence electrons. The smallest absolute Gasteiger partial charge is 0.433 e. The number of pyridine rings is 2. The summed E-state index contributed by atoms with van der Waals surface area (Å²) in [5.41, 5.74) is -0.928. The summed E-state index contributed by atoms with van der Waals surface area (Å²) in [5.74, 6) is -0.742. The number of amides is 1. The van der Waals surface area contributed by atoms with Crippen molar-refractivity contribution in [3.63, 3.8) is 0 Å². The summed E-state index contributed by atoms with van der Waals surface area (Å²) in [6.07, 6.45) is -2.26. The average molecular weight is 405 g/mol. The van der Waals surface area contributed by atoms with Crippen LogP contribution in [0.15, 0.2) is 54.9 Å². The lowest BCUT2D eigenvalue weighted by Crippen LogP contribution is -2.14. The number of hydrogen-bond donors (Lipinski definition) is 2. The fraction of sp³-hybridized carbons (Fsp3) is 0.105. The maximum Gasteiger partial charge on any atom is 0.433 e. The van der Waals surface area contributed by atoms with Gasteiger partial charge in [0.15, 0.2) is 17.2 Å². The summed E-state index contributed by atoms with van der Waals surface area (Å²) in [4.78, 5) is 19.4. The Morgan fingerprint density at radius 3 is 2.38 bits per heavy atom. The maximum atomic E-state index is 12.7. The zero-order chi connectivity index (χ0) is 21.0. The minimum Gasteiger partial charge on any atom is -0.503 e. The zero-order valence-corrected chi connectivity index (χ0v) is 14.9. The van der Waals surface area contributed by atoms with E-state index < -0.39 is 23.5 Å². The monoisotopic (exact) mass is 405 g/mol. The van der Waals surface area contributed by atoms with E-state index in [1.165, 1.54) is 49.7 Å². The van der Waals surface area contributed by atoms with Gasteiger partial charge in [-0.05, 0) is 30.3 Å². The van der Waals surface area contributed by atoms with Crippen LogP contribution >= 0.6 is 0 Å². The van der Waals surface area contributed by atoms with Gasteiger partial charge in [-0.25, -0.2) is 4.98 Å². The summed E-state index contributed by atoms with van der Waals surface area (Å²) in [7, 11) is 1.34. The molecule has 3 aromatic rings. The predicted octanol–water partition coefficient (Wildman–Crippen LogP) is 4.25. The van der Waals surface area contributed by atoms with Crippen LogP contribution in [-0.2, 0) is 6.18 Å². The van der Waals surface area contributed by atoms with Crippen LogP contribution < -0.4 is 14.8 Å². The highest BCUT2D eigenvalue weighted by Crippen LogP contribution is 2.31. The van der Waals surface area contributed by atoms with E-state index in [1.54, 1.807) is 0 Å². The molecule has 29 heavy (non-hydrogen) atoms. The molecule has 7 nitrogen and oxygen atoms in total. The molecule has 0 atom stereocenters. The third kappa shape index (κ3) is 4.72. The Balaban J connectivity index is 1.70. The van der Waals surface area contributed by atoms with E-state index in [1.807, 2.05) is 0 Å². The molecular formula is C19H14F3N3O4. The summed E-state index contributed by atoms with van der Waals surface area (Å²) in [6.45, 7) is 0. The third-order valence-corrected chi connectivity index (χ3v) is 3.69. The molecule has 2 N–H and O–H groups in total. The van der Waals surface area contributed by atoms with Crippen molar-refractivity contribution in [1.29, 1.82) is 0 Å².